The monoisotopic (exact) mass is 226 g/mol. The van der Waals surface area contributed by atoms with Crippen molar-refractivity contribution in [3.63, 3.8) is 0 Å². The molecular formula is C11H22N4O. The minimum atomic E-state index is -1.33. The summed E-state index contributed by atoms with van der Waals surface area (Å²) in [7, 11) is 0. The zero-order valence-corrected chi connectivity index (χ0v) is 9.61. The molecular weight excluding hydrogens is 204 g/mol. The van der Waals surface area contributed by atoms with Crippen LogP contribution in [0.2, 0.25) is 0 Å². The van der Waals surface area contributed by atoms with Gasteiger partial charge in [0.25, 0.3) is 5.91 Å². The second-order valence-electron chi connectivity index (χ2n) is 5.29. The van der Waals surface area contributed by atoms with Crippen LogP contribution in [0.3, 0.4) is 0 Å². The highest BCUT2D eigenvalue weighted by atomic mass is 16.1. The fraction of sp³-hybridized carbons (Fsp3) is 0.909. The lowest BCUT2D eigenvalue weighted by Crippen LogP contribution is -2.65. The summed E-state index contributed by atoms with van der Waals surface area (Å²) in [6.07, 6.45) is 6.48. The van der Waals surface area contributed by atoms with E-state index in [4.69, 9.17) is 17.2 Å². The van der Waals surface area contributed by atoms with E-state index in [1.165, 1.54) is 12.8 Å². The van der Waals surface area contributed by atoms with Crippen LogP contribution in [0.25, 0.3) is 0 Å². The normalized spacial score (nSPS) is 31.4. The van der Waals surface area contributed by atoms with Crippen molar-refractivity contribution in [1.82, 2.24) is 5.32 Å². The number of primary amides is 1. The summed E-state index contributed by atoms with van der Waals surface area (Å²) in [6.45, 7) is 0. The highest BCUT2D eigenvalue weighted by molar-refractivity contribution is 5.83. The number of hydrogen-bond donors (Lipinski definition) is 4. The highest BCUT2D eigenvalue weighted by Crippen LogP contribution is 2.31. The summed E-state index contributed by atoms with van der Waals surface area (Å²) >= 11 is 0. The van der Waals surface area contributed by atoms with E-state index >= 15 is 0 Å². The van der Waals surface area contributed by atoms with E-state index in [-0.39, 0.29) is 5.92 Å². The maximum Gasteiger partial charge on any atom is 0.252 e. The van der Waals surface area contributed by atoms with Crippen molar-refractivity contribution >= 4 is 5.91 Å². The molecule has 2 aliphatic rings. The lowest BCUT2D eigenvalue weighted by molar-refractivity contribution is -0.125. The molecule has 5 heteroatoms. The average molecular weight is 226 g/mol. The first-order chi connectivity index (χ1) is 7.50. The van der Waals surface area contributed by atoms with Crippen molar-refractivity contribution in [3.8, 4) is 0 Å². The second-order valence-corrected chi connectivity index (χ2v) is 5.29. The van der Waals surface area contributed by atoms with Gasteiger partial charge in [0.15, 0.2) is 0 Å². The Hall–Kier alpha value is -0.650. The Morgan fingerprint density at radius 1 is 1.00 bits per heavy atom. The Kier molecular flexibility index (Phi) is 3.19. The van der Waals surface area contributed by atoms with E-state index in [9.17, 15) is 4.79 Å². The Morgan fingerprint density at radius 3 is 1.81 bits per heavy atom. The molecule has 0 aromatic rings. The van der Waals surface area contributed by atoms with Crippen LogP contribution >= 0.6 is 0 Å². The topological polar surface area (TPSA) is 107 Å². The SMILES string of the molecule is NC(=O)C(N)(N)C1CCC(NC2CC2)CC1. The molecule has 2 saturated carbocycles. The standard InChI is InChI=1S/C11H22N4O/c12-10(16)11(13,14)7-1-3-8(4-2-7)15-9-5-6-9/h7-9,15H,1-6,13-14H2,(H2,12,16). The van der Waals surface area contributed by atoms with Gasteiger partial charge < -0.3 is 22.5 Å². The third-order valence-corrected chi connectivity index (χ3v) is 3.88. The van der Waals surface area contributed by atoms with E-state index < -0.39 is 11.6 Å². The first-order valence-electron chi connectivity index (χ1n) is 6.14. The van der Waals surface area contributed by atoms with Gasteiger partial charge in [0, 0.05) is 12.1 Å². The molecule has 0 bridgehead atoms. The molecule has 1 amide bonds. The van der Waals surface area contributed by atoms with E-state index in [0.29, 0.717) is 6.04 Å². The maximum atomic E-state index is 11.1. The van der Waals surface area contributed by atoms with Crippen molar-refractivity contribution in [2.24, 2.45) is 23.1 Å². The van der Waals surface area contributed by atoms with Gasteiger partial charge in [-0.25, -0.2) is 0 Å². The van der Waals surface area contributed by atoms with Crippen LogP contribution in [0, 0.1) is 5.92 Å². The first-order valence-corrected chi connectivity index (χ1v) is 6.14. The molecule has 2 rings (SSSR count). The van der Waals surface area contributed by atoms with Crippen LogP contribution in [-0.2, 0) is 4.79 Å². The molecule has 92 valence electrons. The number of amides is 1. The van der Waals surface area contributed by atoms with Crippen molar-refractivity contribution in [1.29, 1.82) is 0 Å². The Bertz CT molecular complexity index is 267. The number of nitrogens with one attached hydrogen (secondary N) is 1. The second kappa shape index (κ2) is 4.31. The van der Waals surface area contributed by atoms with Crippen LogP contribution in [0.15, 0.2) is 0 Å². The van der Waals surface area contributed by atoms with Gasteiger partial charge >= 0.3 is 0 Å². The predicted molar refractivity (Wildman–Crippen MR) is 62.2 cm³/mol. The van der Waals surface area contributed by atoms with Crippen molar-refractivity contribution in [2.45, 2.75) is 56.3 Å². The van der Waals surface area contributed by atoms with E-state index in [1.807, 2.05) is 0 Å². The molecule has 5 nitrogen and oxygen atoms in total. The lowest BCUT2D eigenvalue weighted by Gasteiger charge is -2.36. The fourth-order valence-corrected chi connectivity index (χ4v) is 2.52. The van der Waals surface area contributed by atoms with E-state index in [0.717, 1.165) is 31.7 Å². The first kappa shape index (κ1) is 11.8. The highest BCUT2D eigenvalue weighted by Gasteiger charge is 2.39. The largest absolute Gasteiger partial charge is 0.367 e. The molecule has 0 aromatic heterocycles. The van der Waals surface area contributed by atoms with Crippen molar-refractivity contribution in [2.75, 3.05) is 0 Å². The molecule has 0 aliphatic heterocycles. The maximum absolute atomic E-state index is 11.1. The minimum absolute atomic E-state index is 0.0299. The molecule has 0 unspecified atom stereocenters. The predicted octanol–water partition coefficient (Wildman–Crippen LogP) is -0.604. The Labute approximate surface area is 96.1 Å². The van der Waals surface area contributed by atoms with Gasteiger partial charge in [-0.3, -0.25) is 4.79 Å². The van der Waals surface area contributed by atoms with Crippen LogP contribution < -0.4 is 22.5 Å². The molecule has 7 N–H and O–H groups in total. The van der Waals surface area contributed by atoms with Gasteiger partial charge in [-0.05, 0) is 44.4 Å². The van der Waals surface area contributed by atoms with Crippen LogP contribution in [0.1, 0.15) is 38.5 Å². The van der Waals surface area contributed by atoms with Crippen LogP contribution in [-0.4, -0.2) is 23.7 Å². The smallest absolute Gasteiger partial charge is 0.252 e. The number of nitrogens with two attached hydrogens (primary N) is 3. The molecule has 0 heterocycles. The minimum Gasteiger partial charge on any atom is -0.367 e. The quantitative estimate of drug-likeness (QED) is 0.480. The molecule has 16 heavy (non-hydrogen) atoms. The van der Waals surface area contributed by atoms with Crippen molar-refractivity contribution in [3.05, 3.63) is 0 Å². The molecule has 0 saturated heterocycles. The van der Waals surface area contributed by atoms with E-state index in [2.05, 4.69) is 5.32 Å². The molecule has 0 atom stereocenters. The molecule has 2 aliphatic carbocycles. The number of rotatable bonds is 4. The lowest BCUT2D eigenvalue weighted by atomic mass is 9.78. The van der Waals surface area contributed by atoms with Crippen LogP contribution in [0.4, 0.5) is 0 Å². The van der Waals surface area contributed by atoms with Crippen molar-refractivity contribution < 1.29 is 4.79 Å². The molecule has 0 radical (unpaired) electrons. The number of carbonyl (C=O) groups excluding carboxylic acids is 1. The molecule has 2 fully saturated rings. The van der Waals surface area contributed by atoms with Gasteiger partial charge in [0.1, 0.15) is 5.66 Å². The fourth-order valence-electron chi connectivity index (χ4n) is 2.52. The summed E-state index contributed by atoms with van der Waals surface area (Å²) in [6, 6.07) is 1.31. The van der Waals surface area contributed by atoms with E-state index in [1.54, 1.807) is 0 Å². The van der Waals surface area contributed by atoms with Gasteiger partial charge in [0.2, 0.25) is 0 Å². The number of carbonyl (C=O) groups is 1. The number of hydrogen-bond acceptors (Lipinski definition) is 4. The summed E-state index contributed by atoms with van der Waals surface area (Å²) in [4.78, 5) is 11.1. The summed E-state index contributed by atoms with van der Waals surface area (Å²) in [5.74, 6) is -0.562. The summed E-state index contributed by atoms with van der Waals surface area (Å²) < 4.78 is 0. The molecule has 0 aromatic carbocycles. The average Bonchev–Trinajstić information content (AvgIpc) is 3.02. The summed E-state index contributed by atoms with van der Waals surface area (Å²) in [5, 5.41) is 3.60. The van der Waals surface area contributed by atoms with Gasteiger partial charge in [-0.2, -0.15) is 0 Å². The zero-order valence-electron chi connectivity index (χ0n) is 9.61. The molecule has 0 spiro atoms. The Morgan fingerprint density at radius 2 is 1.44 bits per heavy atom. The summed E-state index contributed by atoms with van der Waals surface area (Å²) in [5.41, 5.74) is 15.4. The van der Waals surface area contributed by atoms with Crippen LogP contribution in [0.5, 0.6) is 0 Å². The zero-order chi connectivity index (χ0) is 11.8. The van der Waals surface area contributed by atoms with Gasteiger partial charge in [-0.1, -0.05) is 0 Å². The Balaban J connectivity index is 1.81. The third kappa shape index (κ3) is 2.53. The van der Waals surface area contributed by atoms with Gasteiger partial charge in [0.05, 0.1) is 0 Å². The third-order valence-electron chi connectivity index (χ3n) is 3.88. The van der Waals surface area contributed by atoms with Gasteiger partial charge in [-0.15, -0.1) is 0 Å².